The highest BCUT2D eigenvalue weighted by molar-refractivity contribution is 7.92. The number of aryl methyl sites for hydroxylation is 1. The van der Waals surface area contributed by atoms with Crippen molar-refractivity contribution in [2.75, 3.05) is 35.8 Å². The van der Waals surface area contributed by atoms with Gasteiger partial charge in [0.15, 0.2) is 0 Å². The zero-order chi connectivity index (χ0) is 20.1. The minimum absolute atomic E-state index is 0.231. The number of hydrogen-bond donors (Lipinski definition) is 1. The summed E-state index contributed by atoms with van der Waals surface area (Å²) >= 11 is 0. The zero-order valence-electron chi connectivity index (χ0n) is 16.8. The summed E-state index contributed by atoms with van der Waals surface area (Å²) in [5, 5.41) is 0. The smallest absolute Gasteiger partial charge is 0.261 e. The molecule has 2 heterocycles. The molecular formula is C20H29N5O2S. The molecule has 1 unspecified atom stereocenters. The van der Waals surface area contributed by atoms with Gasteiger partial charge in [-0.05, 0) is 44.0 Å². The number of nitrogens with zero attached hydrogens (tertiary/aromatic N) is 4. The van der Waals surface area contributed by atoms with Gasteiger partial charge in [-0.1, -0.05) is 26.0 Å². The van der Waals surface area contributed by atoms with E-state index in [4.69, 9.17) is 0 Å². The summed E-state index contributed by atoms with van der Waals surface area (Å²) in [5.74, 6) is 0.637. The van der Waals surface area contributed by atoms with Gasteiger partial charge in [0, 0.05) is 25.7 Å². The summed E-state index contributed by atoms with van der Waals surface area (Å²) in [5.41, 5.74) is 1.46. The fourth-order valence-electron chi connectivity index (χ4n) is 3.45. The molecule has 0 saturated carbocycles. The molecule has 1 fully saturated rings. The number of hydrogen-bond acceptors (Lipinski definition) is 6. The van der Waals surface area contributed by atoms with Crippen LogP contribution < -0.4 is 9.62 Å². The lowest BCUT2D eigenvalue weighted by atomic mass is 10.2. The maximum Gasteiger partial charge on any atom is 0.261 e. The highest BCUT2D eigenvalue weighted by Gasteiger charge is 2.24. The zero-order valence-corrected chi connectivity index (χ0v) is 17.6. The summed E-state index contributed by atoms with van der Waals surface area (Å²) in [7, 11) is -3.65. The second kappa shape index (κ2) is 8.87. The van der Waals surface area contributed by atoms with Crippen LogP contribution in [0.15, 0.2) is 41.6 Å². The first kappa shape index (κ1) is 20.5. The second-order valence-corrected chi connectivity index (χ2v) is 8.89. The van der Waals surface area contributed by atoms with E-state index in [-0.39, 0.29) is 4.90 Å². The largest absolute Gasteiger partial charge is 0.338 e. The third-order valence-corrected chi connectivity index (χ3v) is 6.49. The molecule has 1 N–H and O–H groups in total. The maximum atomic E-state index is 12.5. The summed E-state index contributed by atoms with van der Waals surface area (Å²) in [6.45, 7) is 10.3. The van der Waals surface area contributed by atoms with E-state index < -0.39 is 10.0 Å². The summed E-state index contributed by atoms with van der Waals surface area (Å²) in [6, 6.07) is 7.34. The minimum Gasteiger partial charge on any atom is -0.338 e. The SMILES string of the molecule is CCCN1CCN(c2ncc(NS(=O)(=O)c3ccc(CC)cc3)cn2)CC1C. The van der Waals surface area contributed by atoms with Crippen LogP contribution in [0.5, 0.6) is 0 Å². The first-order chi connectivity index (χ1) is 13.4. The Labute approximate surface area is 167 Å². The highest BCUT2D eigenvalue weighted by atomic mass is 32.2. The quantitative estimate of drug-likeness (QED) is 0.766. The van der Waals surface area contributed by atoms with Crippen LogP contribution in [0.1, 0.15) is 32.8 Å². The van der Waals surface area contributed by atoms with E-state index >= 15 is 0 Å². The molecule has 0 aliphatic carbocycles. The number of nitrogens with one attached hydrogen (secondary N) is 1. The van der Waals surface area contributed by atoms with Gasteiger partial charge in [0.05, 0.1) is 23.0 Å². The molecule has 3 rings (SSSR count). The molecule has 2 aromatic rings. The number of sulfonamides is 1. The Balaban J connectivity index is 1.65. The fourth-order valence-corrected chi connectivity index (χ4v) is 4.48. The normalized spacial score (nSPS) is 18.2. The third-order valence-electron chi connectivity index (χ3n) is 5.09. The molecule has 152 valence electrons. The van der Waals surface area contributed by atoms with Crippen molar-refractivity contribution in [3.63, 3.8) is 0 Å². The highest BCUT2D eigenvalue weighted by Crippen LogP contribution is 2.19. The van der Waals surface area contributed by atoms with Crippen molar-refractivity contribution in [3.8, 4) is 0 Å². The average molecular weight is 404 g/mol. The van der Waals surface area contributed by atoms with Crippen LogP contribution in [0.3, 0.4) is 0 Å². The van der Waals surface area contributed by atoms with Gasteiger partial charge in [0.1, 0.15) is 0 Å². The molecule has 0 amide bonds. The first-order valence-electron chi connectivity index (χ1n) is 9.85. The van der Waals surface area contributed by atoms with Crippen LogP contribution in [0, 0.1) is 0 Å². The number of aromatic nitrogens is 2. The van der Waals surface area contributed by atoms with Crippen molar-refractivity contribution in [2.24, 2.45) is 0 Å². The first-order valence-corrected chi connectivity index (χ1v) is 11.3. The van der Waals surface area contributed by atoms with E-state index in [1.807, 2.05) is 19.1 Å². The summed E-state index contributed by atoms with van der Waals surface area (Å²) in [4.78, 5) is 13.6. The van der Waals surface area contributed by atoms with E-state index in [2.05, 4.69) is 38.3 Å². The van der Waals surface area contributed by atoms with E-state index in [9.17, 15) is 8.42 Å². The van der Waals surface area contributed by atoms with Crippen LogP contribution in [0.2, 0.25) is 0 Å². The van der Waals surface area contributed by atoms with Crippen molar-refractivity contribution < 1.29 is 8.42 Å². The van der Waals surface area contributed by atoms with Gasteiger partial charge in [-0.3, -0.25) is 9.62 Å². The Morgan fingerprint density at radius 3 is 2.36 bits per heavy atom. The molecule has 0 radical (unpaired) electrons. The lowest BCUT2D eigenvalue weighted by molar-refractivity contribution is 0.189. The van der Waals surface area contributed by atoms with Gasteiger partial charge >= 0.3 is 0 Å². The molecule has 0 bridgehead atoms. The fraction of sp³-hybridized carbons (Fsp3) is 0.500. The van der Waals surface area contributed by atoms with Crippen molar-refractivity contribution in [1.82, 2.24) is 14.9 Å². The third kappa shape index (κ3) is 4.80. The standard InChI is InChI=1S/C20H29N5O2S/c1-4-10-24-11-12-25(15-16(24)3)20-21-13-18(14-22-20)23-28(26,27)19-8-6-17(5-2)7-9-19/h6-9,13-14,16,23H,4-5,10-12,15H2,1-3H3. The maximum absolute atomic E-state index is 12.5. The van der Waals surface area contributed by atoms with Crippen molar-refractivity contribution >= 4 is 21.7 Å². The Morgan fingerprint density at radius 2 is 1.79 bits per heavy atom. The molecule has 1 aliphatic heterocycles. The topological polar surface area (TPSA) is 78.4 Å². The van der Waals surface area contributed by atoms with Crippen LogP contribution in [0.25, 0.3) is 0 Å². The minimum atomic E-state index is -3.65. The average Bonchev–Trinajstić information content (AvgIpc) is 2.70. The van der Waals surface area contributed by atoms with Gasteiger partial charge < -0.3 is 4.90 Å². The van der Waals surface area contributed by atoms with Crippen LogP contribution in [-0.4, -0.2) is 55.5 Å². The predicted molar refractivity (Wildman–Crippen MR) is 112 cm³/mol. The Kier molecular flexibility index (Phi) is 6.51. The molecule has 1 aromatic heterocycles. The molecule has 0 spiro atoms. The van der Waals surface area contributed by atoms with Gasteiger partial charge in [-0.15, -0.1) is 0 Å². The molecule has 1 aliphatic rings. The molecule has 1 aromatic carbocycles. The lowest BCUT2D eigenvalue weighted by Gasteiger charge is -2.39. The van der Waals surface area contributed by atoms with Crippen LogP contribution >= 0.6 is 0 Å². The number of benzene rings is 1. The Bertz CT molecular complexity index is 868. The van der Waals surface area contributed by atoms with E-state index in [0.29, 0.717) is 17.7 Å². The number of anilines is 2. The molecule has 28 heavy (non-hydrogen) atoms. The van der Waals surface area contributed by atoms with Crippen molar-refractivity contribution in [3.05, 3.63) is 42.2 Å². The van der Waals surface area contributed by atoms with E-state index in [0.717, 1.165) is 44.6 Å². The van der Waals surface area contributed by atoms with Crippen LogP contribution in [-0.2, 0) is 16.4 Å². The van der Waals surface area contributed by atoms with Crippen LogP contribution in [0.4, 0.5) is 11.6 Å². The Hall–Kier alpha value is -2.19. The van der Waals surface area contributed by atoms with Crippen molar-refractivity contribution in [2.45, 2.75) is 44.6 Å². The van der Waals surface area contributed by atoms with Gasteiger partial charge in [-0.2, -0.15) is 0 Å². The van der Waals surface area contributed by atoms with E-state index in [1.54, 1.807) is 12.1 Å². The van der Waals surface area contributed by atoms with E-state index in [1.165, 1.54) is 12.4 Å². The lowest BCUT2D eigenvalue weighted by Crippen LogP contribution is -2.52. The molecule has 7 nitrogen and oxygen atoms in total. The summed E-state index contributed by atoms with van der Waals surface area (Å²) < 4.78 is 27.6. The number of piperazine rings is 1. The Morgan fingerprint density at radius 1 is 1.11 bits per heavy atom. The van der Waals surface area contributed by atoms with Gasteiger partial charge in [-0.25, -0.2) is 18.4 Å². The molecule has 1 atom stereocenters. The second-order valence-electron chi connectivity index (χ2n) is 7.21. The van der Waals surface area contributed by atoms with Gasteiger partial charge in [0.2, 0.25) is 5.95 Å². The molecular weight excluding hydrogens is 374 g/mol. The number of rotatable bonds is 7. The monoisotopic (exact) mass is 403 g/mol. The predicted octanol–water partition coefficient (Wildman–Crippen LogP) is 2.76. The molecule has 8 heteroatoms. The van der Waals surface area contributed by atoms with Crippen molar-refractivity contribution in [1.29, 1.82) is 0 Å². The summed E-state index contributed by atoms with van der Waals surface area (Å²) in [6.07, 6.45) is 5.08. The van der Waals surface area contributed by atoms with Gasteiger partial charge in [0.25, 0.3) is 10.0 Å². The molecule has 1 saturated heterocycles.